The lowest BCUT2D eigenvalue weighted by Crippen LogP contribution is -2.47. The summed E-state index contributed by atoms with van der Waals surface area (Å²) in [5, 5.41) is 5.21. The lowest BCUT2D eigenvalue weighted by Gasteiger charge is -2.24. The van der Waals surface area contributed by atoms with Crippen molar-refractivity contribution in [1.29, 1.82) is 0 Å². The molecule has 2 amide bonds. The first kappa shape index (κ1) is 16.1. The number of carbonyl (C=O) groups excluding carboxylic acids is 2. The molecule has 1 aromatic carbocycles. The molecule has 1 rings (SSSR count). The fourth-order valence-corrected chi connectivity index (χ4v) is 1.45. The van der Waals surface area contributed by atoms with Crippen LogP contribution in [0.2, 0.25) is 0 Å². The minimum Gasteiger partial charge on any atom is -0.353 e. The monoisotopic (exact) mass is 280 g/mol. The van der Waals surface area contributed by atoms with E-state index in [-0.39, 0.29) is 17.6 Å². The summed E-state index contributed by atoms with van der Waals surface area (Å²) in [7, 11) is 0. The molecule has 110 valence electrons. The van der Waals surface area contributed by atoms with Gasteiger partial charge in [0.15, 0.2) is 0 Å². The highest BCUT2D eigenvalue weighted by Crippen LogP contribution is 2.21. The van der Waals surface area contributed by atoms with Crippen LogP contribution in [0.1, 0.15) is 34.1 Å². The Bertz CT molecular complexity index is 500. The van der Waals surface area contributed by atoms with Gasteiger partial charge in [0.1, 0.15) is 11.2 Å². The van der Waals surface area contributed by atoms with E-state index in [0.717, 1.165) is 6.42 Å². The molecule has 0 saturated carbocycles. The molecule has 0 saturated heterocycles. The van der Waals surface area contributed by atoms with Crippen LogP contribution >= 0.6 is 0 Å². The van der Waals surface area contributed by atoms with Gasteiger partial charge in [-0.2, -0.15) is 0 Å². The lowest BCUT2D eigenvalue weighted by atomic mass is 9.90. The Labute approximate surface area is 118 Å². The van der Waals surface area contributed by atoms with E-state index in [2.05, 4.69) is 10.6 Å². The number of nitrogens with one attached hydrogen (secondary N) is 2. The number of benzene rings is 1. The van der Waals surface area contributed by atoms with Gasteiger partial charge in [-0.1, -0.05) is 19.1 Å². The molecule has 0 bridgehead atoms. The van der Waals surface area contributed by atoms with Crippen LogP contribution in [0.15, 0.2) is 24.3 Å². The molecule has 1 atom stereocenters. The smallest absolute Gasteiger partial charge is 0.239 e. The summed E-state index contributed by atoms with van der Waals surface area (Å²) in [6, 6.07) is 5.84. The zero-order valence-electron chi connectivity index (χ0n) is 12.3. The van der Waals surface area contributed by atoms with Crippen molar-refractivity contribution in [3.8, 4) is 0 Å². The largest absolute Gasteiger partial charge is 0.353 e. The molecule has 0 aromatic heterocycles. The number of carbonyl (C=O) groups is 2. The van der Waals surface area contributed by atoms with Gasteiger partial charge in [0.2, 0.25) is 11.8 Å². The third kappa shape index (κ3) is 3.79. The van der Waals surface area contributed by atoms with E-state index in [4.69, 9.17) is 0 Å². The van der Waals surface area contributed by atoms with Crippen molar-refractivity contribution >= 4 is 17.5 Å². The van der Waals surface area contributed by atoms with Crippen molar-refractivity contribution in [2.75, 3.05) is 5.32 Å². The lowest BCUT2D eigenvalue weighted by molar-refractivity contribution is -0.138. The summed E-state index contributed by atoms with van der Waals surface area (Å²) in [4.78, 5) is 24.2. The number of hydrogen-bond donors (Lipinski definition) is 2. The van der Waals surface area contributed by atoms with E-state index >= 15 is 0 Å². The van der Waals surface area contributed by atoms with Crippen molar-refractivity contribution in [2.45, 2.75) is 40.2 Å². The van der Waals surface area contributed by atoms with Gasteiger partial charge < -0.3 is 10.6 Å². The highest BCUT2D eigenvalue weighted by atomic mass is 19.1. The SMILES string of the molecule is CCC(C)NC(=O)C(C)(C)C(=O)Nc1ccccc1F. The second-order valence-electron chi connectivity index (χ2n) is 5.34. The third-order valence-electron chi connectivity index (χ3n) is 3.25. The van der Waals surface area contributed by atoms with Crippen LogP contribution in [-0.4, -0.2) is 17.9 Å². The van der Waals surface area contributed by atoms with Crippen LogP contribution in [0.3, 0.4) is 0 Å². The molecule has 0 aliphatic heterocycles. The highest BCUT2D eigenvalue weighted by Gasteiger charge is 2.36. The van der Waals surface area contributed by atoms with E-state index < -0.39 is 17.1 Å². The maximum Gasteiger partial charge on any atom is 0.239 e. The maximum atomic E-state index is 13.5. The van der Waals surface area contributed by atoms with Gasteiger partial charge in [-0.05, 0) is 39.3 Å². The Morgan fingerprint density at radius 2 is 1.85 bits per heavy atom. The Balaban J connectivity index is 2.79. The minimum atomic E-state index is -1.27. The van der Waals surface area contributed by atoms with Crippen LogP contribution in [0.5, 0.6) is 0 Å². The van der Waals surface area contributed by atoms with Gasteiger partial charge in [-0.3, -0.25) is 9.59 Å². The fraction of sp³-hybridized carbons (Fsp3) is 0.467. The number of para-hydroxylation sites is 1. The summed E-state index contributed by atoms with van der Waals surface area (Å²) in [6.45, 7) is 6.84. The van der Waals surface area contributed by atoms with Gasteiger partial charge in [0, 0.05) is 6.04 Å². The molecule has 0 spiro atoms. The van der Waals surface area contributed by atoms with E-state index in [1.807, 2.05) is 13.8 Å². The molecule has 1 aromatic rings. The minimum absolute atomic E-state index is 0.0111. The van der Waals surface area contributed by atoms with Gasteiger partial charge in [-0.15, -0.1) is 0 Å². The van der Waals surface area contributed by atoms with Gasteiger partial charge in [0.05, 0.1) is 5.69 Å². The Kier molecular flexibility index (Phi) is 5.25. The third-order valence-corrected chi connectivity index (χ3v) is 3.25. The van der Waals surface area contributed by atoms with Crippen LogP contribution in [0, 0.1) is 11.2 Å². The molecule has 0 aliphatic rings. The normalized spacial score (nSPS) is 12.7. The van der Waals surface area contributed by atoms with Gasteiger partial charge in [-0.25, -0.2) is 4.39 Å². The fourth-order valence-electron chi connectivity index (χ4n) is 1.45. The standard InChI is InChI=1S/C15H21FN2O2/c1-5-10(2)17-13(19)15(3,4)14(20)18-12-9-7-6-8-11(12)16/h6-10H,5H2,1-4H3,(H,17,19)(H,18,20). The summed E-state index contributed by atoms with van der Waals surface area (Å²) in [5.74, 6) is -1.44. The van der Waals surface area contributed by atoms with Crippen molar-refractivity contribution in [3.63, 3.8) is 0 Å². The number of rotatable bonds is 5. The molecule has 5 heteroatoms. The summed E-state index contributed by atoms with van der Waals surface area (Å²) in [5.41, 5.74) is -1.20. The van der Waals surface area contributed by atoms with Crippen molar-refractivity contribution in [3.05, 3.63) is 30.1 Å². The first-order valence-corrected chi connectivity index (χ1v) is 6.66. The zero-order valence-corrected chi connectivity index (χ0v) is 12.3. The zero-order chi connectivity index (χ0) is 15.3. The second kappa shape index (κ2) is 6.50. The Morgan fingerprint density at radius 3 is 2.40 bits per heavy atom. The van der Waals surface area contributed by atoms with Crippen LogP contribution in [0.4, 0.5) is 10.1 Å². The summed E-state index contributed by atoms with van der Waals surface area (Å²) < 4.78 is 13.5. The van der Waals surface area contributed by atoms with Crippen molar-refractivity contribution in [2.24, 2.45) is 5.41 Å². The van der Waals surface area contributed by atoms with Gasteiger partial charge in [0.25, 0.3) is 0 Å². The Morgan fingerprint density at radius 1 is 1.25 bits per heavy atom. The van der Waals surface area contributed by atoms with Crippen LogP contribution < -0.4 is 10.6 Å². The quantitative estimate of drug-likeness (QED) is 0.815. The first-order chi connectivity index (χ1) is 9.28. The average Bonchev–Trinajstić information content (AvgIpc) is 2.40. The predicted molar refractivity (Wildman–Crippen MR) is 76.7 cm³/mol. The van der Waals surface area contributed by atoms with E-state index in [0.29, 0.717) is 0 Å². The molecular weight excluding hydrogens is 259 g/mol. The van der Waals surface area contributed by atoms with Crippen molar-refractivity contribution in [1.82, 2.24) is 5.32 Å². The van der Waals surface area contributed by atoms with E-state index in [1.54, 1.807) is 6.07 Å². The Hall–Kier alpha value is -1.91. The first-order valence-electron chi connectivity index (χ1n) is 6.66. The number of amides is 2. The predicted octanol–water partition coefficient (Wildman–Crippen LogP) is 2.71. The second-order valence-corrected chi connectivity index (χ2v) is 5.34. The number of halogens is 1. The number of anilines is 1. The molecule has 2 N–H and O–H groups in total. The summed E-state index contributed by atoms with van der Waals surface area (Å²) >= 11 is 0. The van der Waals surface area contributed by atoms with Crippen LogP contribution in [-0.2, 0) is 9.59 Å². The molecule has 0 radical (unpaired) electrons. The molecule has 1 unspecified atom stereocenters. The van der Waals surface area contributed by atoms with E-state index in [9.17, 15) is 14.0 Å². The molecule has 4 nitrogen and oxygen atoms in total. The number of hydrogen-bond acceptors (Lipinski definition) is 2. The van der Waals surface area contributed by atoms with E-state index in [1.165, 1.54) is 32.0 Å². The van der Waals surface area contributed by atoms with Gasteiger partial charge >= 0.3 is 0 Å². The molecule has 20 heavy (non-hydrogen) atoms. The topological polar surface area (TPSA) is 58.2 Å². The maximum absolute atomic E-state index is 13.5. The van der Waals surface area contributed by atoms with Crippen molar-refractivity contribution < 1.29 is 14.0 Å². The summed E-state index contributed by atoms with van der Waals surface area (Å²) in [6.07, 6.45) is 0.775. The molecule has 0 heterocycles. The van der Waals surface area contributed by atoms with Crippen LogP contribution in [0.25, 0.3) is 0 Å². The molecule has 0 fully saturated rings. The average molecular weight is 280 g/mol. The molecular formula is C15H21FN2O2. The highest BCUT2D eigenvalue weighted by molar-refractivity contribution is 6.09. The molecule has 0 aliphatic carbocycles.